The van der Waals surface area contributed by atoms with Gasteiger partial charge in [0.1, 0.15) is 0 Å². The van der Waals surface area contributed by atoms with Crippen LogP contribution >= 0.6 is 0 Å². The Hall–Kier alpha value is -0.0126. The molecule has 0 saturated carbocycles. The van der Waals surface area contributed by atoms with E-state index >= 15 is 0 Å². The van der Waals surface area contributed by atoms with E-state index in [9.17, 15) is 0 Å². The summed E-state index contributed by atoms with van der Waals surface area (Å²) in [7, 11) is 0. The van der Waals surface area contributed by atoms with Crippen LogP contribution in [0, 0.1) is 0 Å². The Kier molecular flexibility index (Phi) is 21.1. The average molecular weight is 100.0 g/mol. The number of hydrogen-bond donors (Lipinski definition) is 1. The Morgan fingerprint density at radius 1 is 1.71 bits per heavy atom. The first kappa shape index (κ1) is 15.8. The third-order valence-electron chi connectivity index (χ3n) is 0.129. The average Bonchev–Trinajstić information content (AvgIpc) is 1.38. The van der Waals surface area contributed by atoms with Gasteiger partial charge in [0.2, 0.25) is 0 Å². The van der Waals surface area contributed by atoms with Crippen LogP contribution in [0.1, 0.15) is 0 Å². The van der Waals surface area contributed by atoms with Crippen LogP contribution in [-0.4, -0.2) is 23.2 Å². The molecule has 0 unspecified atom stereocenters. The van der Waals surface area contributed by atoms with Gasteiger partial charge in [-0.3, -0.25) is 0 Å². The van der Waals surface area contributed by atoms with E-state index in [4.69, 9.17) is 15.0 Å². The molecule has 0 bridgehead atoms. The van der Waals surface area contributed by atoms with Gasteiger partial charge < -0.3 is 20.5 Å². The Morgan fingerprint density at radius 3 is 1.86 bits per heavy atom. The van der Waals surface area contributed by atoms with Gasteiger partial charge in [-0.05, 0) is 0 Å². The molecule has 0 rings (SSSR count). The predicted molar refractivity (Wildman–Crippen MR) is 15.7 cm³/mol. The molecule has 0 aromatic heterocycles. The summed E-state index contributed by atoms with van der Waals surface area (Å²) in [5.74, 6) is -1.44. The molecule has 4 nitrogen and oxygen atoms in total. The molecule has 7 heavy (non-hydrogen) atoms. The molecule has 0 heterocycles. The minimum Gasteiger partial charge on any atom is -0.548 e. The summed E-state index contributed by atoms with van der Waals surface area (Å²) >= 11 is 0. The number of rotatable bonds is 1. The monoisotopic (exact) mass is 100 g/mol. The van der Waals surface area contributed by atoms with Gasteiger partial charge >= 0.3 is 18.9 Å². The van der Waals surface area contributed by atoms with E-state index in [0.29, 0.717) is 0 Å². The molecule has 0 aliphatic heterocycles. The second-order valence-electron chi connectivity index (χ2n) is 0.530. The zero-order valence-corrected chi connectivity index (χ0v) is 3.97. The standard InChI is InChI=1S/C2H4O3.Li.H2O/c3-1-2(4)5;;/h3H,1H2,(H,4,5);;1H2/q;+1;/p-1. The summed E-state index contributed by atoms with van der Waals surface area (Å²) in [5.41, 5.74) is 0. The summed E-state index contributed by atoms with van der Waals surface area (Å²) in [6.07, 6.45) is 0. The van der Waals surface area contributed by atoms with Crippen molar-refractivity contribution in [2.75, 3.05) is 6.61 Å². The molecule has 0 aromatic rings. The third-order valence-corrected chi connectivity index (χ3v) is 0.129. The minimum absolute atomic E-state index is 0. The topological polar surface area (TPSA) is 91.9 Å². The van der Waals surface area contributed by atoms with E-state index < -0.39 is 12.6 Å². The van der Waals surface area contributed by atoms with E-state index in [1.807, 2.05) is 0 Å². The molecule has 38 valence electrons. The summed E-state index contributed by atoms with van der Waals surface area (Å²) in [4.78, 5) is 9.01. The number of aliphatic carboxylic acids is 1. The predicted octanol–water partition coefficient (Wildman–Crippen LogP) is -6.09. The Balaban J connectivity index is -0.0000000800. The van der Waals surface area contributed by atoms with Gasteiger partial charge in [0.05, 0.1) is 12.6 Å². The van der Waals surface area contributed by atoms with Crippen molar-refractivity contribution < 1.29 is 39.3 Å². The number of carbonyl (C=O) groups excluding carboxylic acids is 1. The van der Waals surface area contributed by atoms with Gasteiger partial charge in [-0.25, -0.2) is 0 Å². The minimum atomic E-state index is -1.44. The first-order valence-corrected chi connectivity index (χ1v) is 1.08. The first-order chi connectivity index (χ1) is 2.27. The Morgan fingerprint density at radius 2 is 1.86 bits per heavy atom. The fraction of sp³-hybridized carbons (Fsp3) is 0.500. The smallest absolute Gasteiger partial charge is 0.548 e. The summed E-state index contributed by atoms with van der Waals surface area (Å²) in [6.45, 7) is -0.889. The maximum Gasteiger partial charge on any atom is 1.00 e. The molecule has 3 N–H and O–H groups in total. The van der Waals surface area contributed by atoms with Crippen LogP contribution in [0.25, 0.3) is 0 Å². The van der Waals surface area contributed by atoms with Crippen LogP contribution in [0.5, 0.6) is 0 Å². The van der Waals surface area contributed by atoms with E-state index in [0.717, 1.165) is 0 Å². The van der Waals surface area contributed by atoms with Crippen molar-refractivity contribution >= 4 is 5.97 Å². The molecule has 0 aliphatic rings. The molecule has 0 radical (unpaired) electrons. The summed E-state index contributed by atoms with van der Waals surface area (Å²) < 4.78 is 0. The summed E-state index contributed by atoms with van der Waals surface area (Å²) in [5, 5.41) is 16.5. The Labute approximate surface area is 52.6 Å². The molecular weight excluding hydrogens is 95.0 g/mol. The largest absolute Gasteiger partial charge is 1.00 e. The first-order valence-electron chi connectivity index (χ1n) is 1.08. The normalized spacial score (nSPS) is 5.29. The fourth-order valence-corrected chi connectivity index (χ4v) is 0. The molecule has 0 saturated heterocycles. The van der Waals surface area contributed by atoms with Gasteiger partial charge in [-0.15, -0.1) is 0 Å². The Bertz CT molecular complexity index is 45.0. The van der Waals surface area contributed by atoms with Gasteiger partial charge in [0.25, 0.3) is 0 Å². The van der Waals surface area contributed by atoms with Crippen LogP contribution < -0.4 is 24.0 Å². The molecular formula is C2H5LiO4. The van der Waals surface area contributed by atoms with Crippen molar-refractivity contribution in [1.82, 2.24) is 0 Å². The zero-order chi connectivity index (χ0) is 4.28. The molecule has 0 fully saturated rings. The molecule has 0 spiro atoms. The molecule has 0 aromatic carbocycles. The number of aliphatic hydroxyl groups excluding tert-OH is 1. The number of carbonyl (C=O) groups is 1. The van der Waals surface area contributed by atoms with Crippen molar-refractivity contribution in [2.24, 2.45) is 0 Å². The van der Waals surface area contributed by atoms with Crippen molar-refractivity contribution in [2.45, 2.75) is 0 Å². The van der Waals surface area contributed by atoms with Crippen LogP contribution in [0.2, 0.25) is 0 Å². The number of carboxylic acids is 1. The van der Waals surface area contributed by atoms with Crippen LogP contribution in [0.3, 0.4) is 0 Å². The van der Waals surface area contributed by atoms with Crippen molar-refractivity contribution in [3.8, 4) is 0 Å². The van der Waals surface area contributed by atoms with Crippen LogP contribution in [0.15, 0.2) is 0 Å². The van der Waals surface area contributed by atoms with Gasteiger partial charge in [0, 0.05) is 0 Å². The molecule has 0 aliphatic carbocycles. The quantitative estimate of drug-likeness (QED) is 0.332. The second-order valence-corrected chi connectivity index (χ2v) is 0.530. The molecule has 5 heteroatoms. The number of hydrogen-bond acceptors (Lipinski definition) is 3. The third kappa shape index (κ3) is 24.1. The molecule has 0 atom stereocenters. The van der Waals surface area contributed by atoms with E-state index in [1.165, 1.54) is 0 Å². The van der Waals surface area contributed by atoms with Crippen LogP contribution in [0.4, 0.5) is 0 Å². The zero-order valence-electron chi connectivity index (χ0n) is 3.97. The number of aliphatic hydroxyl groups is 1. The van der Waals surface area contributed by atoms with E-state index in [1.54, 1.807) is 0 Å². The van der Waals surface area contributed by atoms with Crippen molar-refractivity contribution in [1.29, 1.82) is 0 Å². The SMILES string of the molecule is O.O=C([O-])CO.[Li+]. The van der Waals surface area contributed by atoms with E-state index in [-0.39, 0.29) is 24.3 Å². The fourth-order valence-electron chi connectivity index (χ4n) is 0. The maximum atomic E-state index is 9.01. The van der Waals surface area contributed by atoms with Gasteiger partial charge in [-0.2, -0.15) is 0 Å². The van der Waals surface area contributed by atoms with Crippen molar-refractivity contribution in [3.05, 3.63) is 0 Å². The molecule has 0 amide bonds. The van der Waals surface area contributed by atoms with Gasteiger partial charge in [0.15, 0.2) is 0 Å². The number of carboxylic acid groups (broad SMARTS) is 1. The van der Waals surface area contributed by atoms with Gasteiger partial charge in [-0.1, -0.05) is 0 Å². The maximum absolute atomic E-state index is 9.01. The second kappa shape index (κ2) is 9.37. The summed E-state index contributed by atoms with van der Waals surface area (Å²) in [6, 6.07) is 0. The van der Waals surface area contributed by atoms with Crippen molar-refractivity contribution in [3.63, 3.8) is 0 Å². The van der Waals surface area contributed by atoms with Crippen LogP contribution in [-0.2, 0) is 4.79 Å². The van der Waals surface area contributed by atoms with E-state index in [2.05, 4.69) is 0 Å².